The minimum atomic E-state index is -1.07. The van der Waals surface area contributed by atoms with E-state index >= 15 is 0 Å². The Morgan fingerprint density at radius 3 is 2.94 bits per heavy atom. The van der Waals surface area contributed by atoms with Gasteiger partial charge in [-0.15, -0.1) is 0 Å². The number of pyridine rings is 1. The van der Waals surface area contributed by atoms with Crippen molar-refractivity contribution in [2.45, 2.75) is 6.42 Å². The highest BCUT2D eigenvalue weighted by molar-refractivity contribution is 6.33. The number of hydrogen-bond donors (Lipinski definition) is 1. The Kier molecular flexibility index (Phi) is 4.09. The second-order valence-electron chi connectivity index (χ2n) is 3.16. The Bertz CT molecular complexity index is 442. The Labute approximate surface area is 97.9 Å². The molecule has 1 aromatic heterocycles. The van der Waals surface area contributed by atoms with Crippen molar-refractivity contribution in [1.29, 1.82) is 5.26 Å². The van der Waals surface area contributed by atoms with Crippen LogP contribution in [0.1, 0.15) is 16.8 Å². The first-order valence-electron chi connectivity index (χ1n) is 4.53. The van der Waals surface area contributed by atoms with Crippen molar-refractivity contribution >= 4 is 23.4 Å². The Morgan fingerprint density at radius 1 is 1.75 bits per heavy atom. The van der Waals surface area contributed by atoms with E-state index in [0.29, 0.717) is 18.8 Å². The molecule has 1 heterocycles. The standard InChI is InChI=1S/C10H10ClN3O2/c1-14(4-2-3-12)9-8(11)5-7(6-13-9)10(15)16/h5-6H,2,4H2,1H3,(H,15,16). The van der Waals surface area contributed by atoms with E-state index < -0.39 is 5.97 Å². The minimum Gasteiger partial charge on any atom is -0.478 e. The molecule has 0 amide bonds. The van der Waals surface area contributed by atoms with Crippen molar-refractivity contribution in [2.75, 3.05) is 18.5 Å². The minimum absolute atomic E-state index is 0.0439. The van der Waals surface area contributed by atoms with E-state index in [4.69, 9.17) is 22.0 Å². The van der Waals surface area contributed by atoms with E-state index in [-0.39, 0.29) is 10.6 Å². The highest BCUT2D eigenvalue weighted by Crippen LogP contribution is 2.23. The highest BCUT2D eigenvalue weighted by Gasteiger charge is 2.11. The zero-order valence-electron chi connectivity index (χ0n) is 8.64. The van der Waals surface area contributed by atoms with Gasteiger partial charge in [-0.3, -0.25) is 0 Å². The SMILES string of the molecule is CN(CCC#N)c1ncc(C(=O)O)cc1Cl. The van der Waals surface area contributed by atoms with Crippen LogP contribution in [0.15, 0.2) is 12.3 Å². The number of halogens is 1. The molecule has 0 spiro atoms. The predicted octanol–water partition coefficient (Wildman–Crippen LogP) is 1.78. The van der Waals surface area contributed by atoms with E-state index in [1.807, 2.05) is 6.07 Å². The molecule has 0 saturated carbocycles. The lowest BCUT2D eigenvalue weighted by atomic mass is 10.3. The molecular formula is C10H10ClN3O2. The smallest absolute Gasteiger partial charge is 0.337 e. The summed E-state index contributed by atoms with van der Waals surface area (Å²) in [6, 6.07) is 3.35. The number of hydrogen-bond acceptors (Lipinski definition) is 4. The van der Waals surface area contributed by atoms with Crippen molar-refractivity contribution in [3.05, 3.63) is 22.8 Å². The van der Waals surface area contributed by atoms with Gasteiger partial charge in [-0.05, 0) is 6.07 Å². The summed E-state index contributed by atoms with van der Waals surface area (Å²) in [5.41, 5.74) is 0.0439. The van der Waals surface area contributed by atoms with E-state index in [0.717, 1.165) is 0 Å². The third-order valence-corrected chi connectivity index (χ3v) is 2.27. The maximum Gasteiger partial charge on any atom is 0.337 e. The van der Waals surface area contributed by atoms with Crippen molar-refractivity contribution in [1.82, 2.24) is 4.98 Å². The molecule has 5 nitrogen and oxygen atoms in total. The van der Waals surface area contributed by atoms with Gasteiger partial charge in [0.1, 0.15) is 5.82 Å². The molecule has 0 aliphatic carbocycles. The van der Waals surface area contributed by atoms with Gasteiger partial charge < -0.3 is 10.0 Å². The lowest BCUT2D eigenvalue weighted by Gasteiger charge is -2.17. The molecule has 0 unspecified atom stereocenters. The zero-order valence-corrected chi connectivity index (χ0v) is 9.40. The van der Waals surface area contributed by atoms with E-state index in [2.05, 4.69) is 4.98 Å². The molecule has 1 N–H and O–H groups in total. The molecule has 84 valence electrons. The molecule has 0 bridgehead atoms. The maximum atomic E-state index is 10.7. The Hall–Kier alpha value is -1.80. The molecule has 0 aliphatic rings. The van der Waals surface area contributed by atoms with Crippen LogP contribution in [0.2, 0.25) is 5.02 Å². The van der Waals surface area contributed by atoms with Crippen LogP contribution in [0.25, 0.3) is 0 Å². The fraction of sp³-hybridized carbons (Fsp3) is 0.300. The molecule has 16 heavy (non-hydrogen) atoms. The first kappa shape index (κ1) is 12.3. The van der Waals surface area contributed by atoms with Crippen LogP contribution in [0, 0.1) is 11.3 Å². The molecule has 0 atom stereocenters. The van der Waals surface area contributed by atoms with Gasteiger partial charge >= 0.3 is 5.97 Å². The monoisotopic (exact) mass is 239 g/mol. The molecule has 0 aliphatic heterocycles. The first-order chi connectivity index (χ1) is 7.56. The van der Waals surface area contributed by atoms with Crippen LogP contribution >= 0.6 is 11.6 Å². The fourth-order valence-corrected chi connectivity index (χ4v) is 1.46. The third-order valence-electron chi connectivity index (χ3n) is 1.99. The second-order valence-corrected chi connectivity index (χ2v) is 3.57. The third kappa shape index (κ3) is 2.84. The average molecular weight is 240 g/mol. The van der Waals surface area contributed by atoms with Gasteiger partial charge in [-0.2, -0.15) is 5.26 Å². The number of nitriles is 1. The quantitative estimate of drug-likeness (QED) is 0.867. The number of carbonyl (C=O) groups is 1. The number of aromatic nitrogens is 1. The normalized spacial score (nSPS) is 9.56. The van der Waals surface area contributed by atoms with Gasteiger partial charge in [0.05, 0.1) is 23.1 Å². The van der Waals surface area contributed by atoms with Crippen molar-refractivity contribution in [3.63, 3.8) is 0 Å². The first-order valence-corrected chi connectivity index (χ1v) is 4.91. The van der Waals surface area contributed by atoms with Gasteiger partial charge in [0.2, 0.25) is 0 Å². The summed E-state index contributed by atoms with van der Waals surface area (Å²) in [5, 5.41) is 17.4. The number of aromatic carboxylic acids is 1. The molecule has 1 rings (SSSR count). The summed E-state index contributed by atoms with van der Waals surface area (Å²) in [6.45, 7) is 0.496. The van der Waals surface area contributed by atoms with Crippen LogP contribution in [0.4, 0.5) is 5.82 Å². The van der Waals surface area contributed by atoms with Gasteiger partial charge in [-0.1, -0.05) is 11.6 Å². The van der Waals surface area contributed by atoms with Crippen LogP contribution < -0.4 is 4.90 Å². The lowest BCUT2D eigenvalue weighted by Crippen LogP contribution is -2.20. The van der Waals surface area contributed by atoms with Crippen molar-refractivity contribution in [2.24, 2.45) is 0 Å². The van der Waals surface area contributed by atoms with Crippen LogP contribution in [0.5, 0.6) is 0 Å². The summed E-state index contributed by atoms with van der Waals surface area (Å²) in [7, 11) is 1.74. The largest absolute Gasteiger partial charge is 0.478 e. The van der Waals surface area contributed by atoms with E-state index in [9.17, 15) is 4.79 Å². The van der Waals surface area contributed by atoms with Gasteiger partial charge in [0.25, 0.3) is 0 Å². The van der Waals surface area contributed by atoms with Gasteiger partial charge in [0, 0.05) is 19.8 Å². The number of anilines is 1. The summed E-state index contributed by atoms with van der Waals surface area (Å²) in [4.78, 5) is 16.3. The topological polar surface area (TPSA) is 77.2 Å². The molecule has 0 fully saturated rings. The molecule has 0 saturated heterocycles. The molecule has 6 heteroatoms. The Morgan fingerprint density at radius 2 is 2.44 bits per heavy atom. The van der Waals surface area contributed by atoms with E-state index in [1.165, 1.54) is 12.3 Å². The van der Waals surface area contributed by atoms with Gasteiger partial charge in [0.15, 0.2) is 0 Å². The summed E-state index contributed by atoms with van der Waals surface area (Å²) in [5.74, 6) is -0.595. The van der Waals surface area contributed by atoms with Crippen LogP contribution in [-0.4, -0.2) is 29.7 Å². The summed E-state index contributed by atoms with van der Waals surface area (Å²) >= 11 is 5.90. The molecule has 0 aromatic carbocycles. The average Bonchev–Trinajstić information content (AvgIpc) is 2.25. The summed E-state index contributed by atoms with van der Waals surface area (Å²) < 4.78 is 0. The number of carboxylic acid groups (broad SMARTS) is 1. The second kappa shape index (κ2) is 5.33. The van der Waals surface area contributed by atoms with Crippen LogP contribution in [0.3, 0.4) is 0 Å². The lowest BCUT2D eigenvalue weighted by molar-refractivity contribution is 0.0696. The predicted molar refractivity (Wildman–Crippen MR) is 59.7 cm³/mol. The van der Waals surface area contributed by atoms with Crippen molar-refractivity contribution in [3.8, 4) is 6.07 Å². The molecular weight excluding hydrogens is 230 g/mol. The number of nitrogens with zero attached hydrogens (tertiary/aromatic N) is 3. The van der Waals surface area contributed by atoms with E-state index in [1.54, 1.807) is 11.9 Å². The molecule has 0 radical (unpaired) electrons. The number of rotatable bonds is 4. The highest BCUT2D eigenvalue weighted by atomic mass is 35.5. The molecule has 1 aromatic rings. The van der Waals surface area contributed by atoms with Gasteiger partial charge in [-0.25, -0.2) is 9.78 Å². The maximum absolute atomic E-state index is 10.7. The zero-order chi connectivity index (χ0) is 12.1. The van der Waals surface area contributed by atoms with Crippen LogP contribution in [-0.2, 0) is 0 Å². The fourth-order valence-electron chi connectivity index (χ4n) is 1.15. The Balaban J connectivity index is 2.91. The van der Waals surface area contributed by atoms with Crippen molar-refractivity contribution < 1.29 is 9.90 Å². The number of carboxylic acids is 1. The summed E-state index contributed by atoms with van der Waals surface area (Å²) in [6.07, 6.45) is 1.60.